The molecule has 0 bridgehead atoms. The van der Waals surface area contributed by atoms with Crippen molar-refractivity contribution in [2.75, 3.05) is 43.0 Å². The van der Waals surface area contributed by atoms with Gasteiger partial charge in [0.2, 0.25) is 5.95 Å². The van der Waals surface area contributed by atoms with Crippen molar-refractivity contribution in [1.82, 2.24) is 19.4 Å². The van der Waals surface area contributed by atoms with E-state index in [4.69, 9.17) is 9.72 Å². The third-order valence-corrected chi connectivity index (χ3v) is 9.48. The van der Waals surface area contributed by atoms with E-state index in [1.807, 2.05) is 12.1 Å². The van der Waals surface area contributed by atoms with E-state index in [-0.39, 0.29) is 35.6 Å². The summed E-state index contributed by atoms with van der Waals surface area (Å²) in [7, 11) is 0. The maximum absolute atomic E-state index is 15.4. The fourth-order valence-electron chi connectivity index (χ4n) is 6.94. The van der Waals surface area contributed by atoms with Crippen molar-refractivity contribution in [1.29, 1.82) is 0 Å². The maximum atomic E-state index is 15.4. The van der Waals surface area contributed by atoms with Crippen LogP contribution >= 0.6 is 0 Å². The van der Waals surface area contributed by atoms with Gasteiger partial charge in [-0.15, -0.1) is 0 Å². The molecule has 5 heterocycles. The highest BCUT2D eigenvalue weighted by molar-refractivity contribution is 6.03. The molecule has 4 aromatic rings. The normalized spacial score (nSPS) is 21.6. The van der Waals surface area contributed by atoms with Gasteiger partial charge in [-0.3, -0.25) is 19.1 Å². The Morgan fingerprint density at radius 1 is 1.05 bits per heavy atom. The molecular weight excluding hydrogens is 559 g/mol. The smallest absolute Gasteiger partial charge is 0.260 e. The fourth-order valence-corrected chi connectivity index (χ4v) is 6.94. The lowest BCUT2D eigenvalue weighted by Crippen LogP contribution is -2.50. The van der Waals surface area contributed by atoms with E-state index in [1.54, 1.807) is 36.5 Å². The van der Waals surface area contributed by atoms with Crippen molar-refractivity contribution in [3.05, 3.63) is 88.6 Å². The van der Waals surface area contributed by atoms with Crippen LogP contribution in [0.2, 0.25) is 0 Å². The molecule has 8 rings (SSSR count). The number of allylic oxidation sites excluding steroid dienone is 1. The topological polar surface area (TPSA) is 92.6 Å². The number of halogens is 1. The van der Waals surface area contributed by atoms with Gasteiger partial charge in [-0.05, 0) is 80.1 Å². The molecule has 4 aliphatic rings. The van der Waals surface area contributed by atoms with E-state index in [0.717, 1.165) is 51.0 Å². The van der Waals surface area contributed by atoms with Gasteiger partial charge in [0.1, 0.15) is 29.9 Å². The van der Waals surface area contributed by atoms with Crippen LogP contribution in [0.4, 0.5) is 21.7 Å². The first-order valence-corrected chi connectivity index (χ1v) is 15.4. The van der Waals surface area contributed by atoms with E-state index >= 15 is 4.39 Å². The lowest BCUT2D eigenvalue weighted by molar-refractivity contribution is 0.0841. The first-order chi connectivity index (χ1) is 21.4. The second-order valence-electron chi connectivity index (χ2n) is 12.3. The minimum Gasteiger partial charge on any atom is -0.490 e. The highest BCUT2D eigenvalue weighted by Gasteiger charge is 2.35. The first-order valence-electron chi connectivity index (χ1n) is 15.4. The number of rotatable bonds is 6. The van der Waals surface area contributed by atoms with Crippen LogP contribution in [0.1, 0.15) is 47.6 Å². The van der Waals surface area contributed by atoms with Crippen molar-refractivity contribution >= 4 is 39.7 Å². The second kappa shape index (κ2) is 10.6. The zero-order valence-corrected chi connectivity index (χ0v) is 24.3. The van der Waals surface area contributed by atoms with Crippen molar-refractivity contribution in [3.63, 3.8) is 0 Å². The Kier molecular flexibility index (Phi) is 6.48. The summed E-state index contributed by atoms with van der Waals surface area (Å²) in [6.45, 7) is 7.93. The number of pyridine rings is 1. The number of Topliss-reactive ketones (excluding diaryl/α,β-unsaturated/α-hetero) is 1. The number of aromatic nitrogens is 3. The lowest BCUT2D eigenvalue weighted by atomic mass is 9.99. The maximum Gasteiger partial charge on any atom is 0.260 e. The number of nitrogens with zero attached hydrogens (tertiary/aromatic N) is 5. The van der Waals surface area contributed by atoms with E-state index in [2.05, 4.69) is 26.7 Å². The Hall–Kier alpha value is -4.57. The number of carbonyl (C=O) groups excluding carboxylic acids is 1. The minimum atomic E-state index is -0.910. The molecule has 3 fully saturated rings. The molecule has 0 radical (unpaired) electrons. The third-order valence-electron chi connectivity index (χ3n) is 9.48. The Labute approximate surface area is 254 Å². The van der Waals surface area contributed by atoms with E-state index < -0.39 is 6.04 Å². The van der Waals surface area contributed by atoms with Crippen molar-refractivity contribution in [3.8, 4) is 5.75 Å². The van der Waals surface area contributed by atoms with Crippen LogP contribution in [0, 0.1) is 11.7 Å². The Morgan fingerprint density at radius 3 is 2.75 bits per heavy atom. The first kappa shape index (κ1) is 27.0. The third kappa shape index (κ3) is 4.64. The van der Waals surface area contributed by atoms with Crippen LogP contribution < -0.4 is 20.5 Å². The monoisotopic (exact) mass is 592 g/mol. The highest BCUT2D eigenvalue weighted by Crippen LogP contribution is 2.41. The molecule has 2 aromatic heterocycles. The highest BCUT2D eigenvalue weighted by atomic mass is 19.1. The molecule has 3 aliphatic heterocycles. The predicted octanol–water partition coefficient (Wildman–Crippen LogP) is 5.20. The van der Waals surface area contributed by atoms with Crippen LogP contribution in [0.3, 0.4) is 0 Å². The number of carbonyl (C=O) groups is 1. The Morgan fingerprint density at radius 2 is 1.91 bits per heavy atom. The summed E-state index contributed by atoms with van der Waals surface area (Å²) in [4.78, 5) is 41.6. The predicted molar refractivity (Wildman–Crippen MR) is 167 cm³/mol. The molecule has 10 heteroatoms. The van der Waals surface area contributed by atoms with Gasteiger partial charge in [-0.25, -0.2) is 9.37 Å². The number of fused-ring (bicyclic) bond motifs is 3. The zero-order valence-electron chi connectivity index (χ0n) is 24.3. The quantitative estimate of drug-likeness (QED) is 0.327. The summed E-state index contributed by atoms with van der Waals surface area (Å²) < 4.78 is 22.8. The summed E-state index contributed by atoms with van der Waals surface area (Å²) in [5, 5.41) is 3.71. The second-order valence-corrected chi connectivity index (χ2v) is 12.3. The Balaban J connectivity index is 1.14. The standard InChI is InChI=1S/C34H33FN6O3/c1-20(21-8-9-21)26-15-22-17-36-34(37-23-10-11-28(27(35)16-23)40-14-13-39-12-4-5-24(39)18-40)38-32(22)41(33(26)43)29-19-44-30-7-3-2-6-25(30)31(29)42/h2-3,6-7,10-11,15-17,21,24,29H,1,4-5,8-9,12-14,18-19H2,(H,36,37,38). The Bertz CT molecular complexity index is 1890. The molecule has 1 saturated carbocycles. The number of nitrogens with one attached hydrogen (secondary N) is 1. The van der Waals surface area contributed by atoms with Gasteiger partial charge in [0.15, 0.2) is 5.78 Å². The number of hydrogen-bond donors (Lipinski definition) is 1. The zero-order chi connectivity index (χ0) is 29.9. The summed E-state index contributed by atoms with van der Waals surface area (Å²) in [6.07, 6.45) is 5.96. The van der Waals surface area contributed by atoms with Crippen molar-refractivity contribution < 1.29 is 13.9 Å². The molecule has 0 spiro atoms. The molecule has 1 aliphatic carbocycles. The largest absolute Gasteiger partial charge is 0.490 e. The lowest BCUT2D eigenvalue weighted by Gasteiger charge is -2.39. The minimum absolute atomic E-state index is 0.00122. The van der Waals surface area contributed by atoms with Crippen LogP contribution in [0.25, 0.3) is 16.6 Å². The van der Waals surface area contributed by atoms with E-state index in [9.17, 15) is 9.59 Å². The number of benzene rings is 2. The van der Waals surface area contributed by atoms with Crippen LogP contribution in [-0.4, -0.2) is 64.0 Å². The van der Waals surface area contributed by atoms with Crippen LogP contribution in [0.5, 0.6) is 5.75 Å². The molecular formula is C34H33FN6O3. The van der Waals surface area contributed by atoms with E-state index in [1.165, 1.54) is 17.1 Å². The van der Waals surface area contributed by atoms with Crippen molar-refractivity contribution in [2.24, 2.45) is 5.92 Å². The average Bonchev–Trinajstić information content (AvgIpc) is 3.78. The molecule has 9 nitrogen and oxygen atoms in total. The SMILES string of the molecule is C=C(c1cc2cnc(Nc3ccc(N4CCN5CCCC5C4)c(F)c3)nc2n(C2COc3ccccc3C2=O)c1=O)C1CC1. The molecule has 2 saturated heterocycles. The summed E-state index contributed by atoms with van der Waals surface area (Å²) in [6, 6.07) is 13.4. The van der Waals surface area contributed by atoms with Gasteiger partial charge in [-0.2, -0.15) is 4.98 Å². The number of ether oxygens (including phenoxy) is 1. The molecule has 0 amide bonds. The van der Waals surface area contributed by atoms with Gasteiger partial charge in [0.05, 0.1) is 11.3 Å². The summed E-state index contributed by atoms with van der Waals surface area (Å²) in [5.74, 6) is 0.419. The van der Waals surface area contributed by atoms with E-state index in [0.29, 0.717) is 45.3 Å². The van der Waals surface area contributed by atoms with Gasteiger partial charge in [-0.1, -0.05) is 18.7 Å². The molecule has 224 valence electrons. The van der Waals surface area contributed by atoms with Gasteiger partial charge in [0.25, 0.3) is 5.56 Å². The molecule has 2 atom stereocenters. The van der Waals surface area contributed by atoms with Gasteiger partial charge >= 0.3 is 0 Å². The number of ketones is 1. The fraction of sp³-hybridized carbons (Fsp3) is 0.353. The molecule has 1 N–H and O–H groups in total. The number of para-hydroxylation sites is 1. The molecule has 44 heavy (non-hydrogen) atoms. The average molecular weight is 593 g/mol. The van der Waals surface area contributed by atoms with Crippen LogP contribution in [0.15, 0.2) is 66.1 Å². The number of anilines is 3. The molecule has 2 aromatic carbocycles. The summed E-state index contributed by atoms with van der Waals surface area (Å²) in [5.41, 5.74) is 2.70. The van der Waals surface area contributed by atoms with Crippen molar-refractivity contribution in [2.45, 2.75) is 37.8 Å². The molecule has 2 unspecified atom stereocenters. The van der Waals surface area contributed by atoms with Gasteiger partial charge in [0, 0.05) is 48.5 Å². The summed E-state index contributed by atoms with van der Waals surface area (Å²) >= 11 is 0. The number of hydrogen-bond acceptors (Lipinski definition) is 8. The van der Waals surface area contributed by atoms with Crippen LogP contribution in [-0.2, 0) is 0 Å². The number of piperazine rings is 1. The van der Waals surface area contributed by atoms with Gasteiger partial charge < -0.3 is 15.0 Å².